The van der Waals surface area contributed by atoms with E-state index in [2.05, 4.69) is 65.5 Å². The predicted molar refractivity (Wildman–Crippen MR) is 145 cm³/mol. The number of likely N-dealkylation sites (N-methyl/N-ethyl adjacent to an activating group) is 1. The van der Waals surface area contributed by atoms with Gasteiger partial charge in [0, 0.05) is 55.6 Å². The number of halogens is 1. The lowest BCUT2D eigenvalue weighted by molar-refractivity contribution is 0.312. The number of aromatic nitrogens is 6. The summed E-state index contributed by atoms with van der Waals surface area (Å²) in [7, 11) is 2.14. The molecule has 0 radical (unpaired) electrons. The molecule has 10 heteroatoms. The largest absolute Gasteiger partial charge is 0.354 e. The zero-order chi connectivity index (χ0) is 25.7. The summed E-state index contributed by atoms with van der Waals surface area (Å²) in [5, 5.41) is 4.05. The lowest BCUT2D eigenvalue weighted by Crippen LogP contribution is -2.44. The number of aryl methyl sites for hydroxylation is 1. The molecule has 0 bridgehead atoms. The van der Waals surface area contributed by atoms with E-state index in [1.54, 1.807) is 12.4 Å². The molecule has 5 aromatic rings. The van der Waals surface area contributed by atoms with Crippen molar-refractivity contribution in [2.75, 3.05) is 43.4 Å². The summed E-state index contributed by atoms with van der Waals surface area (Å²) in [6.45, 7) is 10.1. The average Bonchev–Trinajstić information content (AvgIpc) is 3.45. The lowest BCUT2D eigenvalue weighted by atomic mass is 10.1. The summed E-state index contributed by atoms with van der Waals surface area (Å²) >= 11 is 0. The number of imidazole rings is 1. The zero-order valence-electron chi connectivity index (χ0n) is 21.5. The van der Waals surface area contributed by atoms with E-state index in [4.69, 9.17) is 0 Å². The Morgan fingerprint density at radius 3 is 2.57 bits per heavy atom. The summed E-state index contributed by atoms with van der Waals surface area (Å²) in [4.78, 5) is 26.1. The van der Waals surface area contributed by atoms with Gasteiger partial charge in [0.05, 0.1) is 17.4 Å². The molecule has 0 unspecified atom stereocenters. The predicted octanol–water partition coefficient (Wildman–Crippen LogP) is 4.89. The van der Waals surface area contributed by atoms with E-state index in [1.807, 2.05) is 31.3 Å². The van der Waals surface area contributed by atoms with Crippen molar-refractivity contribution >= 4 is 39.5 Å². The molecular formula is C27H30FN9. The van der Waals surface area contributed by atoms with Crippen LogP contribution in [0.25, 0.3) is 33.2 Å². The number of aromatic amines is 1. The van der Waals surface area contributed by atoms with Crippen LogP contribution in [0.2, 0.25) is 0 Å². The fraction of sp³-hybridized carbons (Fsp3) is 0.333. The SMILES string of the molecule is Cc1nc2c(F)cc(-c3c[nH]c4nc(Nc5ccc(N6CCN(C)CC6)nc5)ncc34)cc2n1C(C)C. The van der Waals surface area contributed by atoms with Crippen LogP contribution in [0.15, 0.2) is 42.9 Å². The van der Waals surface area contributed by atoms with E-state index in [-0.39, 0.29) is 11.9 Å². The molecular weight excluding hydrogens is 469 g/mol. The Kier molecular flexibility index (Phi) is 5.75. The molecule has 9 nitrogen and oxygen atoms in total. The first-order valence-corrected chi connectivity index (χ1v) is 12.6. The Morgan fingerprint density at radius 1 is 1.03 bits per heavy atom. The smallest absolute Gasteiger partial charge is 0.229 e. The van der Waals surface area contributed by atoms with E-state index in [9.17, 15) is 0 Å². The lowest BCUT2D eigenvalue weighted by Gasteiger charge is -2.33. The second kappa shape index (κ2) is 9.11. The van der Waals surface area contributed by atoms with Crippen LogP contribution in [0.5, 0.6) is 0 Å². The fourth-order valence-electron chi connectivity index (χ4n) is 5.09. The Balaban J connectivity index is 1.26. The molecule has 2 N–H and O–H groups in total. The number of H-pyrrole nitrogens is 1. The summed E-state index contributed by atoms with van der Waals surface area (Å²) < 4.78 is 17.1. The molecule has 1 aromatic carbocycles. The van der Waals surface area contributed by atoms with E-state index in [1.165, 1.54) is 6.07 Å². The normalized spacial score (nSPS) is 14.8. The van der Waals surface area contributed by atoms with Crippen molar-refractivity contribution in [3.63, 3.8) is 0 Å². The molecule has 0 spiro atoms. The standard InChI is InChI=1S/C27H30FN9/c1-16(2)37-17(3)32-25-22(28)11-18(12-23(25)37)20-14-30-26-21(20)15-31-27(34-26)33-19-5-6-24(29-13-19)36-9-7-35(4)8-10-36/h5-6,11-16H,7-10H2,1-4H3,(H2,30,31,33,34). The number of hydrogen-bond donors (Lipinski definition) is 2. The van der Waals surface area contributed by atoms with Gasteiger partial charge in [0.25, 0.3) is 0 Å². The maximum absolute atomic E-state index is 15.0. The van der Waals surface area contributed by atoms with Gasteiger partial charge in [-0.1, -0.05) is 0 Å². The molecule has 0 atom stereocenters. The molecule has 1 aliphatic rings. The maximum Gasteiger partial charge on any atom is 0.229 e. The van der Waals surface area contributed by atoms with Crippen LogP contribution in [0.4, 0.5) is 21.8 Å². The van der Waals surface area contributed by atoms with Crippen molar-refractivity contribution in [1.29, 1.82) is 0 Å². The van der Waals surface area contributed by atoms with Gasteiger partial charge in [-0.05, 0) is 57.6 Å². The third kappa shape index (κ3) is 4.27. The number of rotatable bonds is 5. The van der Waals surface area contributed by atoms with Crippen LogP contribution in [0, 0.1) is 12.7 Å². The van der Waals surface area contributed by atoms with Crippen LogP contribution >= 0.6 is 0 Å². The van der Waals surface area contributed by atoms with Crippen molar-refractivity contribution in [2.45, 2.75) is 26.8 Å². The minimum absolute atomic E-state index is 0.171. The van der Waals surface area contributed by atoms with Crippen LogP contribution in [-0.2, 0) is 0 Å². The van der Waals surface area contributed by atoms with Crippen LogP contribution in [0.3, 0.4) is 0 Å². The van der Waals surface area contributed by atoms with Crippen molar-refractivity contribution in [1.82, 2.24) is 34.4 Å². The minimum atomic E-state index is -0.337. The topological polar surface area (TPSA) is 90.8 Å². The highest BCUT2D eigenvalue weighted by Crippen LogP contribution is 2.33. The summed E-state index contributed by atoms with van der Waals surface area (Å²) in [6, 6.07) is 7.70. The number of nitrogens with one attached hydrogen (secondary N) is 2. The number of benzene rings is 1. The van der Waals surface area contributed by atoms with Crippen LogP contribution in [-0.4, -0.2) is 67.6 Å². The fourth-order valence-corrected chi connectivity index (χ4v) is 5.09. The van der Waals surface area contributed by atoms with Crippen LogP contribution < -0.4 is 10.2 Å². The Hall–Kier alpha value is -4.05. The van der Waals surface area contributed by atoms with Crippen molar-refractivity contribution < 1.29 is 4.39 Å². The number of fused-ring (bicyclic) bond motifs is 2. The number of piperazine rings is 1. The second-order valence-corrected chi connectivity index (χ2v) is 9.93. The molecule has 0 amide bonds. The number of nitrogens with zero attached hydrogens (tertiary/aromatic N) is 7. The van der Waals surface area contributed by atoms with Crippen molar-refractivity contribution in [3.05, 3.63) is 54.5 Å². The molecule has 6 rings (SSSR count). The van der Waals surface area contributed by atoms with Gasteiger partial charge in [-0.2, -0.15) is 4.98 Å². The van der Waals surface area contributed by atoms with Gasteiger partial charge < -0.3 is 24.7 Å². The zero-order valence-corrected chi connectivity index (χ0v) is 21.5. The van der Waals surface area contributed by atoms with Gasteiger partial charge in [-0.3, -0.25) is 0 Å². The molecule has 5 heterocycles. The van der Waals surface area contributed by atoms with Gasteiger partial charge >= 0.3 is 0 Å². The number of hydrogen-bond acceptors (Lipinski definition) is 7. The highest BCUT2D eigenvalue weighted by Gasteiger charge is 2.18. The second-order valence-electron chi connectivity index (χ2n) is 9.93. The van der Waals surface area contributed by atoms with E-state index in [0.29, 0.717) is 17.1 Å². The Morgan fingerprint density at radius 2 is 1.84 bits per heavy atom. The molecule has 37 heavy (non-hydrogen) atoms. The average molecular weight is 500 g/mol. The van der Waals surface area contributed by atoms with E-state index >= 15 is 4.39 Å². The van der Waals surface area contributed by atoms with Crippen molar-refractivity contribution in [3.8, 4) is 11.1 Å². The highest BCUT2D eigenvalue weighted by molar-refractivity contribution is 5.96. The number of pyridine rings is 1. The third-order valence-electron chi connectivity index (χ3n) is 7.02. The number of anilines is 3. The van der Waals surface area contributed by atoms with Crippen LogP contribution in [0.1, 0.15) is 25.7 Å². The third-order valence-corrected chi connectivity index (χ3v) is 7.02. The van der Waals surface area contributed by atoms with Gasteiger partial charge in [-0.15, -0.1) is 0 Å². The molecule has 0 aliphatic carbocycles. The summed E-state index contributed by atoms with van der Waals surface area (Å²) in [5.74, 6) is 1.90. The molecule has 0 saturated carbocycles. The van der Waals surface area contributed by atoms with Gasteiger partial charge in [-0.25, -0.2) is 19.3 Å². The van der Waals surface area contributed by atoms with E-state index in [0.717, 1.165) is 65.5 Å². The first-order chi connectivity index (χ1) is 17.9. The van der Waals surface area contributed by atoms with Gasteiger partial charge in [0.15, 0.2) is 5.82 Å². The molecule has 1 fully saturated rings. The first-order valence-electron chi connectivity index (χ1n) is 12.6. The van der Waals surface area contributed by atoms with E-state index < -0.39 is 0 Å². The molecule has 1 saturated heterocycles. The summed E-state index contributed by atoms with van der Waals surface area (Å²) in [6.07, 6.45) is 5.41. The minimum Gasteiger partial charge on any atom is -0.354 e. The maximum atomic E-state index is 15.0. The highest BCUT2D eigenvalue weighted by atomic mass is 19.1. The summed E-state index contributed by atoms with van der Waals surface area (Å²) in [5.41, 5.74) is 4.26. The molecule has 190 valence electrons. The monoisotopic (exact) mass is 499 g/mol. The molecule has 4 aromatic heterocycles. The molecule has 1 aliphatic heterocycles. The Bertz CT molecular complexity index is 1580. The van der Waals surface area contributed by atoms with Crippen molar-refractivity contribution in [2.24, 2.45) is 0 Å². The van der Waals surface area contributed by atoms with Gasteiger partial charge in [0.2, 0.25) is 5.95 Å². The van der Waals surface area contributed by atoms with Gasteiger partial charge in [0.1, 0.15) is 22.8 Å². The quantitative estimate of drug-likeness (QED) is 0.356. The first kappa shape index (κ1) is 23.4. The Labute approximate surface area is 214 Å².